The summed E-state index contributed by atoms with van der Waals surface area (Å²) in [5, 5.41) is 7.71. The quantitative estimate of drug-likeness (QED) is 0.802. The molecule has 0 fully saturated rings. The average Bonchev–Trinajstić information content (AvgIpc) is 2.78. The Morgan fingerprint density at radius 2 is 2.06 bits per heavy atom. The lowest BCUT2D eigenvalue weighted by atomic mass is 10.2. The molecule has 1 aromatic carbocycles. The van der Waals surface area contributed by atoms with Gasteiger partial charge < -0.3 is 9.52 Å². The summed E-state index contributed by atoms with van der Waals surface area (Å²) >= 11 is 3.88. The fraction of sp³-hybridized carbons (Fsp3) is 0.0909. The van der Waals surface area contributed by atoms with E-state index in [1.54, 1.807) is 0 Å². The van der Waals surface area contributed by atoms with E-state index < -0.39 is 11.2 Å². The number of hydrogen-bond donors (Lipinski definition) is 2. The van der Waals surface area contributed by atoms with Crippen LogP contribution in [-0.2, 0) is 4.79 Å². The first-order valence-corrected chi connectivity index (χ1v) is 5.12. The van der Waals surface area contributed by atoms with Crippen LogP contribution in [0.1, 0.15) is 11.1 Å². The van der Waals surface area contributed by atoms with Crippen molar-refractivity contribution in [1.82, 2.24) is 4.98 Å². The van der Waals surface area contributed by atoms with Crippen molar-refractivity contribution in [2.45, 2.75) is 5.25 Å². The lowest BCUT2D eigenvalue weighted by molar-refractivity contribution is -0.136. The lowest BCUT2D eigenvalue weighted by Gasteiger charge is -1.97. The molecule has 0 spiro atoms. The fourth-order valence-electron chi connectivity index (χ4n) is 1.26. The van der Waals surface area contributed by atoms with E-state index in [1.807, 2.05) is 30.3 Å². The van der Waals surface area contributed by atoms with E-state index in [-0.39, 0.29) is 5.89 Å². The van der Waals surface area contributed by atoms with Crippen molar-refractivity contribution in [2.75, 3.05) is 0 Å². The smallest absolute Gasteiger partial charge is 0.325 e. The highest BCUT2D eigenvalue weighted by atomic mass is 32.1. The summed E-state index contributed by atoms with van der Waals surface area (Å²) in [4.78, 5) is 14.7. The summed E-state index contributed by atoms with van der Waals surface area (Å²) in [6.45, 7) is 0. The third-order valence-electron chi connectivity index (χ3n) is 2.06. The third-order valence-corrected chi connectivity index (χ3v) is 2.50. The molecule has 0 aliphatic carbocycles. The Morgan fingerprint density at radius 3 is 2.69 bits per heavy atom. The first kappa shape index (κ1) is 10.8. The van der Waals surface area contributed by atoms with Gasteiger partial charge in [-0.05, 0) is 0 Å². The zero-order valence-electron chi connectivity index (χ0n) is 8.20. The van der Waals surface area contributed by atoms with E-state index in [4.69, 9.17) is 9.52 Å². The SMILES string of the molecule is O=C(O)C(S)c1nc(-c2ccccc2)co1. The largest absolute Gasteiger partial charge is 0.480 e. The van der Waals surface area contributed by atoms with Gasteiger partial charge in [0.1, 0.15) is 12.0 Å². The number of carboxylic acid groups (broad SMARTS) is 1. The van der Waals surface area contributed by atoms with Crippen LogP contribution in [0.3, 0.4) is 0 Å². The monoisotopic (exact) mass is 235 g/mol. The molecule has 2 rings (SSSR count). The Hall–Kier alpha value is -1.75. The van der Waals surface area contributed by atoms with Crippen LogP contribution in [0.4, 0.5) is 0 Å². The van der Waals surface area contributed by atoms with Gasteiger partial charge in [-0.25, -0.2) is 4.98 Å². The molecule has 0 amide bonds. The van der Waals surface area contributed by atoms with Crippen molar-refractivity contribution in [3.05, 3.63) is 42.5 Å². The Labute approximate surface area is 97.3 Å². The van der Waals surface area contributed by atoms with Crippen LogP contribution >= 0.6 is 12.6 Å². The minimum atomic E-state index is -1.08. The molecule has 0 bridgehead atoms. The Kier molecular flexibility index (Phi) is 2.96. The van der Waals surface area contributed by atoms with Gasteiger partial charge in [-0.1, -0.05) is 30.3 Å². The standard InChI is InChI=1S/C11H9NO3S/c13-11(14)9(16)10-12-8(6-15-10)7-4-2-1-3-5-7/h1-6,9,16H,(H,13,14). The van der Waals surface area contributed by atoms with E-state index in [0.29, 0.717) is 5.69 Å². The summed E-state index contributed by atoms with van der Waals surface area (Å²) in [5.41, 5.74) is 1.49. The number of nitrogens with zero attached hydrogens (tertiary/aromatic N) is 1. The lowest BCUT2D eigenvalue weighted by Crippen LogP contribution is -2.05. The van der Waals surface area contributed by atoms with Crippen LogP contribution in [0.5, 0.6) is 0 Å². The molecular formula is C11H9NO3S. The van der Waals surface area contributed by atoms with E-state index in [2.05, 4.69) is 17.6 Å². The maximum atomic E-state index is 10.7. The summed E-state index contributed by atoms with van der Waals surface area (Å²) < 4.78 is 5.07. The highest BCUT2D eigenvalue weighted by Crippen LogP contribution is 2.24. The molecule has 1 heterocycles. The van der Waals surface area contributed by atoms with Gasteiger partial charge in [0, 0.05) is 5.56 Å². The molecule has 1 unspecified atom stereocenters. The minimum absolute atomic E-state index is 0.0923. The number of aromatic nitrogens is 1. The number of aliphatic carboxylic acids is 1. The van der Waals surface area contributed by atoms with Crippen LogP contribution in [-0.4, -0.2) is 16.1 Å². The molecule has 0 aliphatic heterocycles. The molecule has 1 aromatic heterocycles. The molecule has 0 saturated heterocycles. The van der Waals surface area contributed by atoms with E-state index in [0.717, 1.165) is 5.56 Å². The summed E-state index contributed by atoms with van der Waals surface area (Å²) in [6, 6.07) is 9.38. The van der Waals surface area contributed by atoms with Crippen LogP contribution in [0.25, 0.3) is 11.3 Å². The second-order valence-electron chi connectivity index (χ2n) is 3.18. The summed E-state index contributed by atoms with van der Waals surface area (Å²) in [7, 11) is 0. The van der Waals surface area contributed by atoms with Crippen LogP contribution in [0.15, 0.2) is 41.0 Å². The van der Waals surface area contributed by atoms with Gasteiger partial charge in [0.15, 0.2) is 5.25 Å². The van der Waals surface area contributed by atoms with Crippen molar-refractivity contribution in [2.24, 2.45) is 0 Å². The number of oxazole rings is 1. The van der Waals surface area contributed by atoms with Crippen LogP contribution in [0.2, 0.25) is 0 Å². The zero-order chi connectivity index (χ0) is 11.5. The number of benzene rings is 1. The number of carbonyl (C=O) groups is 1. The second-order valence-corrected chi connectivity index (χ2v) is 3.69. The molecule has 2 aromatic rings. The number of carboxylic acids is 1. The highest BCUT2D eigenvalue weighted by Gasteiger charge is 2.20. The normalized spacial score (nSPS) is 12.3. The molecule has 5 heteroatoms. The highest BCUT2D eigenvalue weighted by molar-refractivity contribution is 7.81. The first-order valence-electron chi connectivity index (χ1n) is 4.60. The number of rotatable bonds is 3. The van der Waals surface area contributed by atoms with Crippen molar-refractivity contribution in [1.29, 1.82) is 0 Å². The molecule has 1 N–H and O–H groups in total. The molecule has 0 saturated carbocycles. The second kappa shape index (κ2) is 4.40. The van der Waals surface area contributed by atoms with Crippen LogP contribution < -0.4 is 0 Å². The van der Waals surface area contributed by atoms with Gasteiger partial charge in [-0.2, -0.15) is 12.6 Å². The van der Waals surface area contributed by atoms with Gasteiger partial charge in [-0.15, -0.1) is 0 Å². The number of thiol groups is 1. The van der Waals surface area contributed by atoms with Crippen molar-refractivity contribution >= 4 is 18.6 Å². The Bertz CT molecular complexity index is 495. The predicted octanol–water partition coefficient (Wildman–Crippen LogP) is 2.40. The van der Waals surface area contributed by atoms with E-state index in [1.165, 1.54) is 6.26 Å². The van der Waals surface area contributed by atoms with E-state index >= 15 is 0 Å². The summed E-state index contributed by atoms with van der Waals surface area (Å²) in [6.07, 6.45) is 1.43. The van der Waals surface area contributed by atoms with Gasteiger partial charge in [-0.3, -0.25) is 4.79 Å². The molecule has 0 radical (unpaired) electrons. The molecule has 4 nitrogen and oxygen atoms in total. The van der Waals surface area contributed by atoms with Crippen molar-refractivity contribution in [3.63, 3.8) is 0 Å². The molecule has 16 heavy (non-hydrogen) atoms. The van der Waals surface area contributed by atoms with Crippen LogP contribution in [0, 0.1) is 0 Å². The van der Waals surface area contributed by atoms with Crippen molar-refractivity contribution in [3.8, 4) is 11.3 Å². The van der Waals surface area contributed by atoms with Gasteiger partial charge in [0.2, 0.25) is 5.89 Å². The van der Waals surface area contributed by atoms with Gasteiger partial charge in [0.25, 0.3) is 0 Å². The maximum absolute atomic E-state index is 10.7. The predicted molar refractivity (Wildman–Crippen MR) is 61.3 cm³/mol. The molecule has 82 valence electrons. The Balaban J connectivity index is 2.30. The molecular weight excluding hydrogens is 226 g/mol. The van der Waals surface area contributed by atoms with Crippen molar-refractivity contribution < 1.29 is 14.3 Å². The fourth-order valence-corrected chi connectivity index (χ4v) is 1.38. The maximum Gasteiger partial charge on any atom is 0.325 e. The Morgan fingerprint density at radius 1 is 1.38 bits per heavy atom. The topological polar surface area (TPSA) is 63.3 Å². The number of hydrogen-bond acceptors (Lipinski definition) is 4. The van der Waals surface area contributed by atoms with E-state index in [9.17, 15) is 4.79 Å². The molecule has 1 atom stereocenters. The zero-order valence-corrected chi connectivity index (χ0v) is 9.09. The van der Waals surface area contributed by atoms with Gasteiger partial charge in [0.05, 0.1) is 0 Å². The average molecular weight is 235 g/mol. The molecule has 0 aliphatic rings. The summed E-state index contributed by atoms with van der Waals surface area (Å²) in [5.74, 6) is -0.987. The third kappa shape index (κ3) is 2.09. The first-order chi connectivity index (χ1) is 7.68. The minimum Gasteiger partial charge on any atom is -0.480 e. The van der Waals surface area contributed by atoms with Gasteiger partial charge >= 0.3 is 5.97 Å².